The van der Waals surface area contributed by atoms with Crippen LogP contribution >= 0.6 is 0 Å². The van der Waals surface area contributed by atoms with Crippen molar-refractivity contribution in [2.45, 2.75) is 261 Å². The van der Waals surface area contributed by atoms with Crippen LogP contribution in [0.1, 0.15) is 255 Å². The molecular formula is C52H92O2. The van der Waals surface area contributed by atoms with E-state index in [0.29, 0.717) is 39.4 Å². The lowest BCUT2D eigenvalue weighted by molar-refractivity contribution is -0.200. The summed E-state index contributed by atoms with van der Waals surface area (Å²) in [7, 11) is 0. The number of esters is 1. The topological polar surface area (TPSA) is 26.3 Å². The average Bonchev–Trinajstić information content (AvgIpc) is 3.11. The van der Waals surface area contributed by atoms with E-state index in [1.54, 1.807) is 0 Å². The minimum absolute atomic E-state index is 0.0329. The van der Waals surface area contributed by atoms with Gasteiger partial charge in [-0.15, -0.1) is 0 Å². The zero-order valence-electron chi connectivity index (χ0n) is 37.9. The lowest BCUT2D eigenvalue weighted by Crippen LogP contribution is -2.63. The van der Waals surface area contributed by atoms with Gasteiger partial charge in [0.25, 0.3) is 0 Å². The highest BCUT2D eigenvalue weighted by Gasteiger charge is 2.67. The molecule has 0 spiro atoms. The molecule has 0 N–H and O–H groups in total. The van der Waals surface area contributed by atoms with Crippen LogP contribution in [-0.4, -0.2) is 12.1 Å². The fourth-order valence-corrected chi connectivity index (χ4v) is 14.6. The second-order valence-corrected chi connectivity index (χ2v) is 22.9. The maximum absolute atomic E-state index is 13.3. The van der Waals surface area contributed by atoms with E-state index in [9.17, 15) is 4.79 Å². The summed E-state index contributed by atoms with van der Waals surface area (Å²) >= 11 is 0. The molecule has 0 bridgehead atoms. The van der Waals surface area contributed by atoms with Gasteiger partial charge in [0, 0.05) is 11.8 Å². The van der Waals surface area contributed by atoms with E-state index in [0.717, 1.165) is 24.7 Å². The van der Waals surface area contributed by atoms with Gasteiger partial charge >= 0.3 is 5.97 Å². The number of allylic oxidation sites excluding steroid dienone is 2. The van der Waals surface area contributed by atoms with Crippen LogP contribution in [0.15, 0.2) is 11.6 Å². The molecule has 312 valence electrons. The number of ether oxygens (including phenoxy) is 1. The second kappa shape index (κ2) is 18.9. The van der Waals surface area contributed by atoms with E-state index in [1.165, 1.54) is 173 Å². The Morgan fingerprint density at radius 1 is 0.574 bits per heavy atom. The van der Waals surface area contributed by atoms with Crippen LogP contribution in [0.25, 0.3) is 0 Å². The van der Waals surface area contributed by atoms with Gasteiger partial charge in [-0.25, -0.2) is 0 Å². The zero-order chi connectivity index (χ0) is 39.1. The van der Waals surface area contributed by atoms with Gasteiger partial charge in [0.15, 0.2) is 0 Å². The minimum Gasteiger partial charge on any atom is -0.462 e. The Kier molecular flexibility index (Phi) is 15.5. The van der Waals surface area contributed by atoms with Crippen molar-refractivity contribution in [2.75, 3.05) is 0 Å². The monoisotopic (exact) mass is 749 g/mol. The molecular weight excluding hydrogens is 657 g/mol. The van der Waals surface area contributed by atoms with Gasteiger partial charge in [0.2, 0.25) is 0 Å². The molecule has 4 saturated carbocycles. The van der Waals surface area contributed by atoms with E-state index < -0.39 is 0 Å². The van der Waals surface area contributed by atoms with Crippen LogP contribution in [0.3, 0.4) is 0 Å². The van der Waals surface area contributed by atoms with Crippen LogP contribution in [0, 0.1) is 50.2 Å². The van der Waals surface area contributed by atoms with Crippen molar-refractivity contribution in [3.8, 4) is 0 Å². The predicted molar refractivity (Wildman–Crippen MR) is 233 cm³/mol. The SMILES string of the molecule is CCCCCCCCCCCCCCCCCCCCCC(=O)O[C@H]1CC[C@]2(C)[C@H]3CC[C@]4(C)C(=CC[C@@]5(C)CCC(C)(C)C[C@H]54)[C@]3(C)CC[C@H]2C1(C)C. The summed E-state index contributed by atoms with van der Waals surface area (Å²) in [6.07, 6.45) is 42.8. The van der Waals surface area contributed by atoms with Crippen LogP contribution in [0.2, 0.25) is 0 Å². The number of carbonyl (C=O) groups is 1. The van der Waals surface area contributed by atoms with Crippen molar-refractivity contribution in [1.29, 1.82) is 0 Å². The van der Waals surface area contributed by atoms with Crippen LogP contribution in [-0.2, 0) is 9.53 Å². The first-order valence-corrected chi connectivity index (χ1v) is 24.5. The van der Waals surface area contributed by atoms with Crippen molar-refractivity contribution in [3.05, 3.63) is 11.6 Å². The molecule has 0 aromatic carbocycles. The van der Waals surface area contributed by atoms with Crippen molar-refractivity contribution in [2.24, 2.45) is 50.2 Å². The van der Waals surface area contributed by atoms with E-state index >= 15 is 0 Å². The van der Waals surface area contributed by atoms with Gasteiger partial charge in [0.1, 0.15) is 6.10 Å². The quantitative estimate of drug-likeness (QED) is 0.0664. The molecule has 4 fully saturated rings. The fourth-order valence-electron chi connectivity index (χ4n) is 14.6. The van der Waals surface area contributed by atoms with E-state index in [4.69, 9.17) is 4.74 Å². The molecule has 5 aliphatic rings. The first-order chi connectivity index (χ1) is 25.6. The normalized spacial score (nSPS) is 36.6. The first-order valence-electron chi connectivity index (χ1n) is 24.5. The third-order valence-electron chi connectivity index (χ3n) is 17.9. The summed E-state index contributed by atoms with van der Waals surface area (Å²) in [5, 5.41) is 0. The molecule has 0 heterocycles. The summed E-state index contributed by atoms with van der Waals surface area (Å²) in [6, 6.07) is 0. The van der Waals surface area contributed by atoms with E-state index in [-0.39, 0.29) is 17.5 Å². The van der Waals surface area contributed by atoms with E-state index in [1.807, 2.05) is 5.57 Å². The molecule has 0 aromatic heterocycles. The smallest absolute Gasteiger partial charge is 0.306 e. The number of unbranched alkanes of at least 4 members (excludes halogenated alkanes) is 18. The van der Waals surface area contributed by atoms with Crippen molar-refractivity contribution in [3.63, 3.8) is 0 Å². The van der Waals surface area contributed by atoms with E-state index in [2.05, 4.69) is 68.4 Å². The largest absolute Gasteiger partial charge is 0.462 e. The summed E-state index contributed by atoms with van der Waals surface area (Å²) in [5.41, 5.74) is 3.85. The molecule has 5 aliphatic carbocycles. The highest BCUT2D eigenvalue weighted by Crippen LogP contribution is 2.75. The Morgan fingerprint density at radius 3 is 1.59 bits per heavy atom. The number of carbonyl (C=O) groups excluding carboxylic acids is 1. The van der Waals surface area contributed by atoms with Crippen LogP contribution < -0.4 is 0 Å². The summed E-state index contributed by atoms with van der Waals surface area (Å²) in [4.78, 5) is 13.3. The maximum atomic E-state index is 13.3. The Labute approximate surface area is 337 Å². The summed E-state index contributed by atoms with van der Waals surface area (Å²) in [5.74, 6) is 2.25. The third kappa shape index (κ3) is 9.90. The van der Waals surface area contributed by atoms with Crippen LogP contribution in [0.4, 0.5) is 0 Å². The second-order valence-electron chi connectivity index (χ2n) is 22.9. The summed E-state index contributed by atoms with van der Waals surface area (Å²) < 4.78 is 6.44. The van der Waals surface area contributed by atoms with Gasteiger partial charge < -0.3 is 4.74 Å². The number of hydrogen-bond acceptors (Lipinski definition) is 2. The molecule has 0 aliphatic heterocycles. The Bertz CT molecular complexity index is 1210. The lowest BCUT2D eigenvalue weighted by Gasteiger charge is -2.70. The molecule has 0 unspecified atom stereocenters. The molecule has 8 atom stereocenters. The number of fused-ring (bicyclic) bond motifs is 7. The molecule has 54 heavy (non-hydrogen) atoms. The predicted octanol–water partition coefficient (Wildman–Crippen LogP) is 16.5. The van der Waals surface area contributed by atoms with Gasteiger partial charge in [0.05, 0.1) is 0 Å². The third-order valence-corrected chi connectivity index (χ3v) is 17.9. The molecule has 5 rings (SSSR count). The summed E-state index contributed by atoms with van der Waals surface area (Å²) in [6.45, 7) is 23.1. The van der Waals surface area contributed by atoms with Gasteiger partial charge in [-0.2, -0.15) is 0 Å². The Hall–Kier alpha value is -0.790. The average molecular weight is 749 g/mol. The zero-order valence-corrected chi connectivity index (χ0v) is 37.9. The first kappa shape index (κ1) is 44.3. The maximum Gasteiger partial charge on any atom is 0.306 e. The standard InChI is InChI=1S/C52H92O2/c1-10-11-12-13-14-15-16-17-18-19-20-21-22-23-24-25-26-27-28-29-46(53)54-45-33-37-50(7)41(48(45,4)5)31-35-51(8)42-30-34-49(6)39-38-47(2,3)40-44(49)52(42,9)36-32-43(50)51/h30,41,43-45H,10-29,31-40H2,1-9H3/t41-,43+,44+,45-,49-,50-,51-,52+/m0/s1. The molecule has 0 aromatic rings. The van der Waals surface area contributed by atoms with Crippen molar-refractivity contribution >= 4 is 5.97 Å². The fraction of sp³-hybridized carbons (Fsp3) is 0.942. The van der Waals surface area contributed by atoms with Gasteiger partial charge in [-0.1, -0.05) is 190 Å². The minimum atomic E-state index is 0.0329. The molecule has 0 radical (unpaired) electrons. The Balaban J connectivity index is 0.983. The van der Waals surface area contributed by atoms with Gasteiger partial charge in [-0.05, 0) is 115 Å². The van der Waals surface area contributed by atoms with Gasteiger partial charge in [-0.3, -0.25) is 4.79 Å². The molecule has 0 amide bonds. The van der Waals surface area contributed by atoms with Crippen molar-refractivity contribution in [1.82, 2.24) is 0 Å². The lowest BCUT2D eigenvalue weighted by atomic mass is 9.34. The molecule has 2 nitrogen and oxygen atoms in total. The van der Waals surface area contributed by atoms with Crippen molar-refractivity contribution < 1.29 is 9.53 Å². The van der Waals surface area contributed by atoms with Crippen LogP contribution in [0.5, 0.6) is 0 Å². The highest BCUT2D eigenvalue weighted by atomic mass is 16.5. The molecule has 2 heteroatoms. The highest BCUT2D eigenvalue weighted by molar-refractivity contribution is 5.69. The Morgan fingerprint density at radius 2 is 1.06 bits per heavy atom. The number of rotatable bonds is 21. The molecule has 0 saturated heterocycles. The number of hydrogen-bond donors (Lipinski definition) is 0.